The van der Waals surface area contributed by atoms with Crippen LogP contribution < -0.4 is 5.32 Å². The van der Waals surface area contributed by atoms with Gasteiger partial charge in [-0.3, -0.25) is 0 Å². The van der Waals surface area contributed by atoms with Crippen LogP contribution in [-0.4, -0.2) is 30.9 Å². The molecule has 2 rings (SSSR count). The topological polar surface area (TPSA) is 68.5 Å². The maximum absolute atomic E-state index is 4.34. The minimum absolute atomic E-state index is 0.149. The zero-order chi connectivity index (χ0) is 13.0. The summed E-state index contributed by atoms with van der Waals surface area (Å²) in [4.78, 5) is 4.34. The molecule has 0 amide bonds. The first-order valence-corrected chi connectivity index (χ1v) is 6.94. The van der Waals surface area contributed by atoms with Crippen molar-refractivity contribution in [2.45, 2.75) is 39.3 Å². The Morgan fingerprint density at radius 3 is 2.89 bits per heavy atom. The minimum Gasteiger partial charge on any atom is -0.308 e. The molecular weight excluding hydrogens is 248 g/mol. The van der Waals surface area contributed by atoms with Crippen molar-refractivity contribution in [2.75, 3.05) is 6.54 Å². The van der Waals surface area contributed by atoms with Crippen LogP contribution in [0, 0.1) is 0 Å². The Bertz CT molecular complexity index is 464. The number of nitrogens with one attached hydrogen (secondary N) is 1. The van der Waals surface area contributed by atoms with E-state index in [-0.39, 0.29) is 6.04 Å². The molecule has 1 unspecified atom stereocenters. The fourth-order valence-electron chi connectivity index (χ4n) is 1.89. The third-order valence-corrected chi connectivity index (χ3v) is 3.23. The number of aromatic nitrogens is 5. The monoisotopic (exact) mass is 266 g/mol. The molecule has 0 saturated carbocycles. The van der Waals surface area contributed by atoms with E-state index in [1.807, 2.05) is 10.1 Å². The van der Waals surface area contributed by atoms with Gasteiger partial charge in [0.15, 0.2) is 0 Å². The van der Waals surface area contributed by atoms with Gasteiger partial charge in [0.25, 0.3) is 0 Å². The van der Waals surface area contributed by atoms with Crippen LogP contribution in [0.3, 0.4) is 0 Å². The molecular formula is C11H18N6S. The van der Waals surface area contributed by atoms with E-state index >= 15 is 0 Å². The number of hydrogen-bond donors (Lipinski definition) is 1. The molecule has 0 bridgehead atoms. The van der Waals surface area contributed by atoms with Gasteiger partial charge in [-0.2, -0.15) is 5.10 Å². The van der Waals surface area contributed by atoms with Crippen molar-refractivity contribution in [1.29, 1.82) is 0 Å². The third-order valence-electron chi connectivity index (χ3n) is 2.71. The molecule has 2 heterocycles. The second-order valence-corrected chi connectivity index (χ2v) is 4.97. The van der Waals surface area contributed by atoms with Gasteiger partial charge in [-0.15, -0.1) is 5.10 Å². The normalized spacial score (nSPS) is 13.1. The van der Waals surface area contributed by atoms with E-state index in [0.29, 0.717) is 6.04 Å². The van der Waals surface area contributed by atoms with Crippen LogP contribution in [0.15, 0.2) is 11.7 Å². The summed E-state index contributed by atoms with van der Waals surface area (Å²) in [6.07, 6.45) is 2.38. The predicted octanol–water partition coefficient (Wildman–Crippen LogP) is 1.60. The lowest BCUT2D eigenvalue weighted by Crippen LogP contribution is -2.25. The van der Waals surface area contributed by atoms with Gasteiger partial charge in [0.1, 0.15) is 12.2 Å². The van der Waals surface area contributed by atoms with Crippen molar-refractivity contribution in [3.05, 3.63) is 23.2 Å². The van der Waals surface area contributed by atoms with E-state index in [1.54, 1.807) is 6.33 Å². The highest BCUT2D eigenvalue weighted by molar-refractivity contribution is 7.03. The molecule has 0 aliphatic heterocycles. The van der Waals surface area contributed by atoms with Gasteiger partial charge in [-0.25, -0.2) is 9.67 Å². The highest BCUT2D eigenvalue weighted by Crippen LogP contribution is 2.17. The van der Waals surface area contributed by atoms with Gasteiger partial charge >= 0.3 is 0 Å². The summed E-state index contributed by atoms with van der Waals surface area (Å²) in [5.41, 5.74) is 0.972. The quantitative estimate of drug-likeness (QED) is 0.860. The summed E-state index contributed by atoms with van der Waals surface area (Å²) in [5.74, 6) is 0.976. The summed E-state index contributed by atoms with van der Waals surface area (Å²) in [5, 5.41) is 13.8. The smallest absolute Gasteiger partial charge is 0.138 e. The van der Waals surface area contributed by atoms with Crippen molar-refractivity contribution in [3.8, 4) is 0 Å². The van der Waals surface area contributed by atoms with Gasteiger partial charge < -0.3 is 5.32 Å². The van der Waals surface area contributed by atoms with E-state index in [1.165, 1.54) is 11.5 Å². The highest BCUT2D eigenvalue weighted by Gasteiger charge is 2.18. The van der Waals surface area contributed by atoms with Crippen molar-refractivity contribution in [1.82, 2.24) is 29.7 Å². The Balaban J connectivity index is 2.16. The van der Waals surface area contributed by atoms with Crippen LogP contribution in [-0.2, 0) is 6.42 Å². The van der Waals surface area contributed by atoms with Crippen LogP contribution in [0.4, 0.5) is 0 Å². The molecule has 1 N–H and O–H groups in total. The molecule has 0 aromatic carbocycles. The van der Waals surface area contributed by atoms with Gasteiger partial charge in [-0.1, -0.05) is 11.4 Å². The SMILES string of the molecule is CCNC(Cc1ncnn1C(C)C)c1csnn1. The molecule has 0 aliphatic rings. The van der Waals surface area contributed by atoms with Crippen LogP contribution >= 0.6 is 11.5 Å². The van der Waals surface area contributed by atoms with Crippen molar-refractivity contribution in [3.63, 3.8) is 0 Å². The van der Waals surface area contributed by atoms with E-state index in [9.17, 15) is 0 Å². The Kier molecular flexibility index (Phi) is 4.38. The fraction of sp³-hybridized carbons (Fsp3) is 0.636. The van der Waals surface area contributed by atoms with E-state index in [4.69, 9.17) is 0 Å². The largest absolute Gasteiger partial charge is 0.308 e. The second-order valence-electron chi connectivity index (χ2n) is 4.36. The molecule has 0 radical (unpaired) electrons. The molecule has 0 aliphatic carbocycles. The lowest BCUT2D eigenvalue weighted by molar-refractivity contribution is 0.464. The Hall–Kier alpha value is -1.34. The molecule has 18 heavy (non-hydrogen) atoms. The number of rotatable bonds is 6. The highest BCUT2D eigenvalue weighted by atomic mass is 32.1. The number of nitrogens with zero attached hydrogens (tertiary/aromatic N) is 5. The van der Waals surface area contributed by atoms with Gasteiger partial charge in [0.05, 0.1) is 11.7 Å². The van der Waals surface area contributed by atoms with Crippen molar-refractivity contribution in [2.24, 2.45) is 0 Å². The fourth-order valence-corrected chi connectivity index (χ4v) is 2.39. The molecule has 2 aromatic heterocycles. The molecule has 0 spiro atoms. The number of likely N-dealkylation sites (N-methyl/N-ethyl adjacent to an activating group) is 1. The van der Waals surface area contributed by atoms with Gasteiger partial charge in [0, 0.05) is 17.8 Å². The molecule has 98 valence electrons. The standard InChI is InChI=1S/C11H18N6S/c1-4-12-9(10-6-18-16-15-10)5-11-13-7-14-17(11)8(2)3/h6-9,12H,4-5H2,1-3H3. The Morgan fingerprint density at radius 1 is 1.44 bits per heavy atom. The molecule has 0 saturated heterocycles. The first-order chi connectivity index (χ1) is 8.72. The zero-order valence-electron chi connectivity index (χ0n) is 10.9. The summed E-state index contributed by atoms with van der Waals surface area (Å²) in [7, 11) is 0. The van der Waals surface area contributed by atoms with E-state index in [0.717, 1.165) is 24.5 Å². The van der Waals surface area contributed by atoms with Gasteiger partial charge in [0.2, 0.25) is 0 Å². The number of hydrogen-bond acceptors (Lipinski definition) is 6. The Labute approximate surface area is 111 Å². The summed E-state index contributed by atoms with van der Waals surface area (Å²) >= 11 is 1.37. The molecule has 1 atom stereocenters. The van der Waals surface area contributed by atoms with Crippen LogP contribution in [0.2, 0.25) is 0 Å². The minimum atomic E-state index is 0.149. The summed E-state index contributed by atoms with van der Waals surface area (Å²) in [6, 6.07) is 0.466. The van der Waals surface area contributed by atoms with E-state index < -0.39 is 0 Å². The first kappa shape index (κ1) is 13.1. The lowest BCUT2D eigenvalue weighted by Gasteiger charge is -2.16. The van der Waals surface area contributed by atoms with Crippen molar-refractivity contribution < 1.29 is 0 Å². The molecule has 2 aromatic rings. The summed E-state index contributed by atoms with van der Waals surface area (Å²) < 4.78 is 5.87. The van der Waals surface area contributed by atoms with Gasteiger partial charge in [-0.05, 0) is 31.9 Å². The predicted molar refractivity (Wildman–Crippen MR) is 70.4 cm³/mol. The molecule has 7 heteroatoms. The molecule has 0 fully saturated rings. The maximum atomic E-state index is 4.34. The van der Waals surface area contributed by atoms with E-state index in [2.05, 4.69) is 45.8 Å². The van der Waals surface area contributed by atoms with Crippen molar-refractivity contribution >= 4 is 11.5 Å². The zero-order valence-corrected chi connectivity index (χ0v) is 11.7. The Morgan fingerprint density at radius 2 is 2.28 bits per heavy atom. The average molecular weight is 266 g/mol. The van der Waals surface area contributed by atoms with Crippen LogP contribution in [0.5, 0.6) is 0 Å². The van der Waals surface area contributed by atoms with Crippen LogP contribution in [0.1, 0.15) is 44.4 Å². The maximum Gasteiger partial charge on any atom is 0.138 e. The van der Waals surface area contributed by atoms with Crippen LogP contribution in [0.25, 0.3) is 0 Å². The second kappa shape index (κ2) is 6.01. The lowest BCUT2D eigenvalue weighted by atomic mass is 10.1. The third kappa shape index (κ3) is 2.91. The first-order valence-electron chi connectivity index (χ1n) is 6.11. The molecule has 6 nitrogen and oxygen atoms in total. The average Bonchev–Trinajstić information content (AvgIpc) is 2.99. The summed E-state index contributed by atoms with van der Waals surface area (Å²) in [6.45, 7) is 7.17.